The first-order chi connectivity index (χ1) is 9.26. The summed E-state index contributed by atoms with van der Waals surface area (Å²) in [7, 11) is 0. The largest absolute Gasteiger partial charge is 0.370 e. The van der Waals surface area contributed by atoms with E-state index in [9.17, 15) is 0 Å². The Balaban J connectivity index is 2.20. The van der Waals surface area contributed by atoms with Crippen molar-refractivity contribution in [1.82, 2.24) is 15.0 Å². The van der Waals surface area contributed by atoms with Gasteiger partial charge >= 0.3 is 0 Å². The van der Waals surface area contributed by atoms with Gasteiger partial charge in [-0.1, -0.05) is 6.92 Å². The molecule has 0 aromatic carbocycles. The summed E-state index contributed by atoms with van der Waals surface area (Å²) in [6.45, 7) is 7.07. The summed E-state index contributed by atoms with van der Waals surface area (Å²) < 4.78 is 0. The smallest absolute Gasteiger partial charge is 0.134 e. The van der Waals surface area contributed by atoms with Gasteiger partial charge in [0.15, 0.2) is 0 Å². The van der Waals surface area contributed by atoms with Crippen LogP contribution in [-0.2, 0) is 0 Å². The Labute approximate surface area is 117 Å². The van der Waals surface area contributed by atoms with Gasteiger partial charge in [-0.15, -0.1) is 11.3 Å². The lowest BCUT2D eigenvalue weighted by molar-refractivity contribution is 0.735. The lowest BCUT2D eigenvalue weighted by Gasteiger charge is -2.17. The van der Waals surface area contributed by atoms with Crippen LogP contribution in [-0.4, -0.2) is 21.5 Å². The average Bonchev–Trinajstić information content (AvgIpc) is 2.94. The van der Waals surface area contributed by atoms with Crippen molar-refractivity contribution in [3.05, 3.63) is 28.5 Å². The molecule has 2 rings (SSSR count). The van der Waals surface area contributed by atoms with E-state index in [0.717, 1.165) is 35.2 Å². The third kappa shape index (κ3) is 3.20. The molecule has 0 spiro atoms. The van der Waals surface area contributed by atoms with E-state index in [0.29, 0.717) is 0 Å². The maximum Gasteiger partial charge on any atom is 0.134 e. The second kappa shape index (κ2) is 6.47. The molecule has 0 fully saturated rings. The standard InChI is InChI=1S/C13H19N5S/c1-4-10(13-15-6-7-19-13)18-12-9(3)11(14-5-2)16-8-17-12/h6-8,10H,4-5H2,1-3H3,(H2,14,16,17,18). The second-order valence-electron chi connectivity index (χ2n) is 4.20. The van der Waals surface area contributed by atoms with Crippen molar-refractivity contribution in [3.63, 3.8) is 0 Å². The van der Waals surface area contributed by atoms with Crippen molar-refractivity contribution in [2.45, 2.75) is 33.2 Å². The first kappa shape index (κ1) is 13.7. The first-order valence-electron chi connectivity index (χ1n) is 6.47. The zero-order valence-corrected chi connectivity index (χ0v) is 12.3. The van der Waals surface area contributed by atoms with Gasteiger partial charge in [0.25, 0.3) is 0 Å². The normalized spacial score (nSPS) is 12.2. The van der Waals surface area contributed by atoms with Crippen LogP contribution < -0.4 is 10.6 Å². The Morgan fingerprint density at radius 1 is 1.21 bits per heavy atom. The van der Waals surface area contributed by atoms with E-state index in [2.05, 4.69) is 39.4 Å². The number of hydrogen-bond acceptors (Lipinski definition) is 6. The van der Waals surface area contributed by atoms with Crippen LogP contribution in [0.4, 0.5) is 11.6 Å². The molecule has 2 aromatic rings. The molecule has 102 valence electrons. The lowest BCUT2D eigenvalue weighted by atomic mass is 10.2. The molecule has 0 saturated carbocycles. The predicted molar refractivity (Wildman–Crippen MR) is 79.7 cm³/mol. The van der Waals surface area contributed by atoms with Crippen molar-refractivity contribution in [2.75, 3.05) is 17.2 Å². The van der Waals surface area contributed by atoms with Gasteiger partial charge in [-0.05, 0) is 20.3 Å². The summed E-state index contributed by atoms with van der Waals surface area (Å²) in [4.78, 5) is 13.0. The summed E-state index contributed by atoms with van der Waals surface area (Å²) >= 11 is 1.66. The molecule has 0 aliphatic carbocycles. The third-order valence-corrected chi connectivity index (χ3v) is 3.79. The molecule has 0 radical (unpaired) electrons. The molecule has 2 N–H and O–H groups in total. The SMILES string of the molecule is CCNc1ncnc(NC(CC)c2nccs2)c1C. The highest BCUT2D eigenvalue weighted by atomic mass is 32.1. The summed E-state index contributed by atoms with van der Waals surface area (Å²) in [5.74, 6) is 1.75. The molecule has 0 aliphatic rings. The highest BCUT2D eigenvalue weighted by molar-refractivity contribution is 7.09. The molecule has 0 amide bonds. The highest BCUT2D eigenvalue weighted by Crippen LogP contribution is 2.26. The fourth-order valence-electron chi connectivity index (χ4n) is 1.85. The minimum atomic E-state index is 0.197. The Bertz CT molecular complexity index is 512. The first-order valence-corrected chi connectivity index (χ1v) is 7.35. The Kier molecular flexibility index (Phi) is 4.68. The Morgan fingerprint density at radius 3 is 2.63 bits per heavy atom. The van der Waals surface area contributed by atoms with Crippen LogP contribution in [0.2, 0.25) is 0 Å². The van der Waals surface area contributed by atoms with E-state index in [1.807, 2.05) is 18.5 Å². The molecular weight excluding hydrogens is 258 g/mol. The van der Waals surface area contributed by atoms with E-state index in [1.165, 1.54) is 0 Å². The van der Waals surface area contributed by atoms with E-state index < -0.39 is 0 Å². The van der Waals surface area contributed by atoms with Crippen molar-refractivity contribution in [3.8, 4) is 0 Å². The van der Waals surface area contributed by atoms with Crippen LogP contribution in [0.25, 0.3) is 0 Å². The van der Waals surface area contributed by atoms with E-state index in [1.54, 1.807) is 17.7 Å². The lowest BCUT2D eigenvalue weighted by Crippen LogP contribution is -2.13. The van der Waals surface area contributed by atoms with Crippen molar-refractivity contribution in [2.24, 2.45) is 0 Å². The van der Waals surface area contributed by atoms with Crippen molar-refractivity contribution < 1.29 is 0 Å². The monoisotopic (exact) mass is 277 g/mol. The molecule has 0 bridgehead atoms. The van der Waals surface area contributed by atoms with Gasteiger partial charge in [0.2, 0.25) is 0 Å². The molecule has 2 aromatic heterocycles. The molecule has 19 heavy (non-hydrogen) atoms. The number of nitrogens with zero attached hydrogens (tertiary/aromatic N) is 3. The van der Waals surface area contributed by atoms with Crippen molar-refractivity contribution in [1.29, 1.82) is 0 Å². The average molecular weight is 277 g/mol. The predicted octanol–water partition coefficient (Wildman–Crippen LogP) is 3.24. The molecule has 1 unspecified atom stereocenters. The molecule has 6 heteroatoms. The maximum atomic E-state index is 4.37. The van der Waals surface area contributed by atoms with Gasteiger partial charge in [-0.25, -0.2) is 15.0 Å². The molecule has 2 heterocycles. The molecular formula is C13H19N5S. The minimum Gasteiger partial charge on any atom is -0.370 e. The van der Waals surface area contributed by atoms with Gasteiger partial charge in [0.05, 0.1) is 6.04 Å². The number of nitrogens with one attached hydrogen (secondary N) is 2. The van der Waals surface area contributed by atoms with E-state index in [-0.39, 0.29) is 6.04 Å². The summed E-state index contributed by atoms with van der Waals surface area (Å²) in [5.41, 5.74) is 1.04. The topological polar surface area (TPSA) is 62.7 Å². The number of aromatic nitrogens is 3. The van der Waals surface area contributed by atoms with Crippen LogP contribution >= 0.6 is 11.3 Å². The zero-order chi connectivity index (χ0) is 13.7. The quantitative estimate of drug-likeness (QED) is 0.848. The summed E-state index contributed by atoms with van der Waals surface area (Å²) in [5, 5.41) is 9.78. The molecule has 0 aliphatic heterocycles. The number of rotatable bonds is 6. The summed E-state index contributed by atoms with van der Waals surface area (Å²) in [6, 6.07) is 0.197. The van der Waals surface area contributed by atoms with Crippen LogP contribution in [0, 0.1) is 6.92 Å². The van der Waals surface area contributed by atoms with E-state index in [4.69, 9.17) is 0 Å². The van der Waals surface area contributed by atoms with Crippen LogP contribution in [0.1, 0.15) is 36.9 Å². The van der Waals surface area contributed by atoms with Gasteiger partial charge in [0.1, 0.15) is 23.0 Å². The van der Waals surface area contributed by atoms with Crippen LogP contribution in [0.15, 0.2) is 17.9 Å². The number of anilines is 2. The third-order valence-electron chi connectivity index (χ3n) is 2.90. The van der Waals surface area contributed by atoms with Crippen LogP contribution in [0.5, 0.6) is 0 Å². The minimum absolute atomic E-state index is 0.197. The molecule has 0 saturated heterocycles. The van der Waals surface area contributed by atoms with Crippen LogP contribution in [0.3, 0.4) is 0 Å². The van der Waals surface area contributed by atoms with E-state index >= 15 is 0 Å². The maximum absolute atomic E-state index is 4.37. The molecule has 1 atom stereocenters. The fourth-order valence-corrected chi connectivity index (χ4v) is 2.62. The number of hydrogen-bond donors (Lipinski definition) is 2. The number of thiazole rings is 1. The second-order valence-corrected chi connectivity index (χ2v) is 5.13. The fraction of sp³-hybridized carbons (Fsp3) is 0.462. The van der Waals surface area contributed by atoms with Gasteiger partial charge in [-0.3, -0.25) is 0 Å². The molecule has 5 nitrogen and oxygen atoms in total. The van der Waals surface area contributed by atoms with Crippen molar-refractivity contribution >= 4 is 23.0 Å². The Hall–Kier alpha value is -1.69. The van der Waals surface area contributed by atoms with Gasteiger partial charge in [-0.2, -0.15) is 0 Å². The highest BCUT2D eigenvalue weighted by Gasteiger charge is 2.14. The zero-order valence-electron chi connectivity index (χ0n) is 11.5. The van der Waals surface area contributed by atoms with Gasteiger partial charge < -0.3 is 10.6 Å². The van der Waals surface area contributed by atoms with Gasteiger partial charge in [0, 0.05) is 23.7 Å². The summed E-state index contributed by atoms with van der Waals surface area (Å²) in [6.07, 6.45) is 4.39. The Morgan fingerprint density at radius 2 is 2.00 bits per heavy atom.